The molecule has 1 amide bonds. The Morgan fingerprint density at radius 2 is 2.00 bits per heavy atom. The van der Waals surface area contributed by atoms with Gasteiger partial charge in [-0.25, -0.2) is 8.42 Å². The summed E-state index contributed by atoms with van der Waals surface area (Å²) in [5.74, 6) is -1.65. The number of carboxylic acid groups (broad SMARTS) is 1. The predicted octanol–water partition coefficient (Wildman–Crippen LogP) is 0.653. The summed E-state index contributed by atoms with van der Waals surface area (Å²) in [4.78, 5) is 21.8. The summed E-state index contributed by atoms with van der Waals surface area (Å²) < 4.78 is 25.8. The minimum Gasteiger partial charge on any atom is -0.481 e. The lowest BCUT2D eigenvalue weighted by atomic mass is 10.2. The number of carboxylic acids is 1. The minimum atomic E-state index is -3.62. The van der Waals surface area contributed by atoms with Crippen molar-refractivity contribution in [2.45, 2.75) is 12.8 Å². The van der Waals surface area contributed by atoms with Gasteiger partial charge in [0.05, 0.1) is 5.75 Å². The van der Waals surface area contributed by atoms with Crippen LogP contribution in [0.25, 0.3) is 0 Å². The number of carbonyl (C=O) groups excluding carboxylic acids is 1. The molecule has 0 heterocycles. The second-order valence-corrected chi connectivity index (χ2v) is 5.92. The summed E-state index contributed by atoms with van der Waals surface area (Å²) in [7, 11) is -2.15. The van der Waals surface area contributed by atoms with Crippen molar-refractivity contribution in [1.29, 1.82) is 0 Å². The van der Waals surface area contributed by atoms with E-state index in [2.05, 4.69) is 10.0 Å². The SMILES string of the molecule is CNC(=O)c1cccc(NS(=O)(=O)CCCC(=O)O)c1. The molecule has 0 atom stereocenters. The molecule has 3 N–H and O–H groups in total. The second-order valence-electron chi connectivity index (χ2n) is 4.08. The highest BCUT2D eigenvalue weighted by atomic mass is 32.2. The molecule has 20 heavy (non-hydrogen) atoms. The number of anilines is 1. The molecular weight excluding hydrogens is 284 g/mol. The monoisotopic (exact) mass is 300 g/mol. The zero-order valence-corrected chi connectivity index (χ0v) is 11.7. The molecule has 1 rings (SSSR count). The molecule has 0 fully saturated rings. The average Bonchev–Trinajstić information content (AvgIpc) is 2.36. The molecule has 0 aliphatic heterocycles. The van der Waals surface area contributed by atoms with Crippen LogP contribution in [0.4, 0.5) is 5.69 Å². The first-order chi connectivity index (χ1) is 9.34. The molecule has 1 aromatic rings. The number of hydrogen-bond donors (Lipinski definition) is 3. The van der Waals surface area contributed by atoms with Crippen molar-refractivity contribution >= 4 is 27.6 Å². The van der Waals surface area contributed by atoms with Crippen molar-refractivity contribution in [2.24, 2.45) is 0 Å². The average molecular weight is 300 g/mol. The van der Waals surface area contributed by atoms with Crippen molar-refractivity contribution in [3.63, 3.8) is 0 Å². The van der Waals surface area contributed by atoms with Gasteiger partial charge in [-0.05, 0) is 24.6 Å². The van der Waals surface area contributed by atoms with Crippen LogP contribution in [0.3, 0.4) is 0 Å². The Morgan fingerprint density at radius 1 is 1.30 bits per heavy atom. The first kappa shape index (κ1) is 16.0. The Bertz CT molecular complexity index is 598. The van der Waals surface area contributed by atoms with Crippen molar-refractivity contribution < 1.29 is 23.1 Å². The van der Waals surface area contributed by atoms with Gasteiger partial charge in [0.25, 0.3) is 5.91 Å². The quantitative estimate of drug-likeness (QED) is 0.684. The maximum atomic E-state index is 11.7. The topological polar surface area (TPSA) is 113 Å². The zero-order valence-electron chi connectivity index (χ0n) is 10.9. The lowest BCUT2D eigenvalue weighted by molar-refractivity contribution is -0.137. The van der Waals surface area contributed by atoms with Crippen LogP contribution >= 0.6 is 0 Å². The van der Waals surface area contributed by atoms with Crippen molar-refractivity contribution in [2.75, 3.05) is 17.5 Å². The van der Waals surface area contributed by atoms with Crippen LogP contribution in [0.5, 0.6) is 0 Å². The molecule has 0 aliphatic rings. The molecule has 0 saturated heterocycles. The fourth-order valence-electron chi connectivity index (χ4n) is 1.51. The first-order valence-electron chi connectivity index (χ1n) is 5.88. The number of rotatable bonds is 7. The first-order valence-corrected chi connectivity index (χ1v) is 7.54. The fourth-order valence-corrected chi connectivity index (χ4v) is 2.62. The van der Waals surface area contributed by atoms with Gasteiger partial charge < -0.3 is 10.4 Å². The number of nitrogens with one attached hydrogen (secondary N) is 2. The number of benzene rings is 1. The van der Waals surface area contributed by atoms with E-state index in [0.717, 1.165) is 0 Å². The number of carbonyl (C=O) groups is 2. The Morgan fingerprint density at radius 3 is 2.60 bits per heavy atom. The van der Waals surface area contributed by atoms with Gasteiger partial charge in [0, 0.05) is 24.7 Å². The van der Waals surface area contributed by atoms with Gasteiger partial charge in [0.1, 0.15) is 0 Å². The Balaban J connectivity index is 2.72. The fraction of sp³-hybridized carbons (Fsp3) is 0.333. The Hall–Kier alpha value is -2.09. The summed E-state index contributed by atoms with van der Waals surface area (Å²) in [5.41, 5.74) is 0.597. The standard InChI is InChI=1S/C12H16N2O5S/c1-13-12(17)9-4-2-5-10(8-9)14-20(18,19)7-3-6-11(15)16/h2,4-5,8,14H,3,6-7H2,1H3,(H,13,17)(H,15,16). The van der Waals surface area contributed by atoms with Gasteiger partial charge in [-0.1, -0.05) is 6.07 Å². The summed E-state index contributed by atoms with van der Waals surface area (Å²) in [6.07, 6.45) is -0.182. The number of amides is 1. The number of sulfonamides is 1. The van der Waals surface area contributed by atoms with Crippen LogP contribution in [0.1, 0.15) is 23.2 Å². The van der Waals surface area contributed by atoms with E-state index in [1.807, 2.05) is 0 Å². The van der Waals surface area contributed by atoms with Crippen LogP contribution in [0.15, 0.2) is 24.3 Å². The molecule has 110 valence electrons. The molecule has 0 saturated carbocycles. The van der Waals surface area contributed by atoms with Crippen molar-refractivity contribution in [3.05, 3.63) is 29.8 Å². The molecule has 0 spiro atoms. The van der Waals surface area contributed by atoms with E-state index in [4.69, 9.17) is 5.11 Å². The molecule has 0 aromatic heterocycles. The highest BCUT2D eigenvalue weighted by Gasteiger charge is 2.12. The summed E-state index contributed by atoms with van der Waals surface area (Å²) in [5, 5.41) is 10.9. The van der Waals surface area contributed by atoms with Crippen LogP contribution < -0.4 is 10.0 Å². The molecule has 1 aromatic carbocycles. The maximum Gasteiger partial charge on any atom is 0.303 e. The van der Waals surface area contributed by atoms with E-state index in [0.29, 0.717) is 5.56 Å². The molecule has 0 unspecified atom stereocenters. The van der Waals surface area contributed by atoms with Gasteiger partial charge in [-0.15, -0.1) is 0 Å². The molecular formula is C12H16N2O5S. The molecule has 0 bridgehead atoms. The minimum absolute atomic E-state index is 0.0276. The molecule has 0 radical (unpaired) electrons. The summed E-state index contributed by atoms with van der Waals surface area (Å²) >= 11 is 0. The van der Waals surface area contributed by atoms with Gasteiger partial charge >= 0.3 is 5.97 Å². The van der Waals surface area contributed by atoms with Crippen LogP contribution in [-0.2, 0) is 14.8 Å². The lowest BCUT2D eigenvalue weighted by Crippen LogP contribution is -2.19. The third-order valence-electron chi connectivity index (χ3n) is 2.43. The molecule has 8 heteroatoms. The van der Waals surface area contributed by atoms with E-state index < -0.39 is 16.0 Å². The summed E-state index contributed by atoms with van der Waals surface area (Å²) in [6, 6.07) is 6.04. The van der Waals surface area contributed by atoms with Crippen molar-refractivity contribution in [3.8, 4) is 0 Å². The third-order valence-corrected chi connectivity index (χ3v) is 3.80. The van der Waals surface area contributed by atoms with Crippen LogP contribution in [0, 0.1) is 0 Å². The molecule has 7 nitrogen and oxygen atoms in total. The van der Waals surface area contributed by atoms with E-state index in [-0.39, 0.29) is 30.2 Å². The van der Waals surface area contributed by atoms with Gasteiger partial charge in [-0.3, -0.25) is 14.3 Å². The smallest absolute Gasteiger partial charge is 0.303 e. The largest absolute Gasteiger partial charge is 0.481 e. The number of aliphatic carboxylic acids is 1. The Kier molecular flexibility index (Phi) is 5.51. The second kappa shape index (κ2) is 6.90. The van der Waals surface area contributed by atoms with Gasteiger partial charge in [0.2, 0.25) is 10.0 Å². The van der Waals surface area contributed by atoms with E-state index in [9.17, 15) is 18.0 Å². The normalized spacial score (nSPS) is 10.8. The van der Waals surface area contributed by atoms with E-state index in [1.54, 1.807) is 12.1 Å². The van der Waals surface area contributed by atoms with E-state index in [1.165, 1.54) is 19.2 Å². The summed E-state index contributed by atoms with van der Waals surface area (Å²) in [6.45, 7) is 0. The number of hydrogen-bond acceptors (Lipinski definition) is 4. The molecule has 0 aliphatic carbocycles. The third kappa shape index (κ3) is 5.27. The highest BCUT2D eigenvalue weighted by Crippen LogP contribution is 2.13. The van der Waals surface area contributed by atoms with Crippen molar-refractivity contribution in [1.82, 2.24) is 5.32 Å². The predicted molar refractivity (Wildman–Crippen MR) is 74.1 cm³/mol. The lowest BCUT2D eigenvalue weighted by Gasteiger charge is -2.08. The van der Waals surface area contributed by atoms with Crippen LogP contribution in [0.2, 0.25) is 0 Å². The van der Waals surface area contributed by atoms with Gasteiger partial charge in [0.15, 0.2) is 0 Å². The maximum absolute atomic E-state index is 11.7. The van der Waals surface area contributed by atoms with E-state index >= 15 is 0 Å². The zero-order chi connectivity index (χ0) is 15.2. The highest BCUT2D eigenvalue weighted by molar-refractivity contribution is 7.92. The van der Waals surface area contributed by atoms with Crippen LogP contribution in [-0.4, -0.2) is 38.2 Å². The Labute approximate surface area is 117 Å². The van der Waals surface area contributed by atoms with Gasteiger partial charge in [-0.2, -0.15) is 0 Å².